The van der Waals surface area contributed by atoms with Crippen LogP contribution in [0.3, 0.4) is 0 Å². The van der Waals surface area contributed by atoms with Gasteiger partial charge in [-0.2, -0.15) is 0 Å². The van der Waals surface area contributed by atoms with Crippen molar-refractivity contribution in [1.29, 1.82) is 0 Å². The van der Waals surface area contributed by atoms with Crippen LogP contribution in [0.4, 0.5) is 0 Å². The van der Waals surface area contributed by atoms with E-state index in [9.17, 15) is 4.79 Å². The molecule has 0 unspecified atom stereocenters. The van der Waals surface area contributed by atoms with Gasteiger partial charge in [-0.05, 0) is 56.9 Å². The highest BCUT2D eigenvalue weighted by atomic mass is 16.5. The maximum Gasteiger partial charge on any atom is 0.251 e. The number of carbonyl (C=O) groups excluding carboxylic acids is 1. The van der Waals surface area contributed by atoms with Gasteiger partial charge in [-0.25, -0.2) is 0 Å². The summed E-state index contributed by atoms with van der Waals surface area (Å²) in [5, 5.41) is 11.8. The number of fused-ring (bicyclic) bond motifs is 1. The first-order valence-corrected chi connectivity index (χ1v) is 11.6. The first kappa shape index (κ1) is 24.0. The molecule has 3 rings (SSSR count). The Kier molecular flexibility index (Phi) is 8.85. The molecule has 174 valence electrons. The zero-order valence-corrected chi connectivity index (χ0v) is 19.9. The topological polar surface area (TPSA) is 72.3 Å². The van der Waals surface area contributed by atoms with Crippen LogP contribution in [0.15, 0.2) is 35.9 Å². The summed E-state index contributed by atoms with van der Waals surface area (Å²) in [5.41, 5.74) is 2.03. The fourth-order valence-electron chi connectivity index (χ4n) is 4.12. The third-order valence-corrected chi connectivity index (χ3v) is 5.96. The highest BCUT2D eigenvalue weighted by Crippen LogP contribution is 2.15. The van der Waals surface area contributed by atoms with E-state index >= 15 is 0 Å². The number of carbonyl (C=O) groups is 1. The number of hydrogen-bond acceptors (Lipinski definition) is 5. The molecular formula is C25H37N5O2. The van der Waals surface area contributed by atoms with Gasteiger partial charge in [0, 0.05) is 51.1 Å². The molecule has 1 amide bonds. The van der Waals surface area contributed by atoms with E-state index in [-0.39, 0.29) is 5.91 Å². The fourth-order valence-corrected chi connectivity index (χ4v) is 4.12. The van der Waals surface area contributed by atoms with Crippen LogP contribution >= 0.6 is 0 Å². The second-order valence-electron chi connectivity index (χ2n) is 8.93. The lowest BCUT2D eigenvalue weighted by molar-refractivity contribution is 0.0954. The molecule has 2 aromatic rings. The van der Waals surface area contributed by atoms with Crippen molar-refractivity contribution in [2.24, 2.45) is 5.92 Å². The van der Waals surface area contributed by atoms with Crippen LogP contribution in [0.5, 0.6) is 5.75 Å². The molecule has 1 aliphatic rings. The van der Waals surface area contributed by atoms with Gasteiger partial charge in [-0.15, -0.1) is 10.2 Å². The number of benzene rings is 1. The fraction of sp³-hybridized carbons (Fsp3) is 0.560. The molecule has 7 nitrogen and oxygen atoms in total. The Bertz CT molecular complexity index is 900. The van der Waals surface area contributed by atoms with E-state index in [4.69, 9.17) is 4.74 Å². The average Bonchev–Trinajstić information content (AvgIpc) is 3.05. The first-order chi connectivity index (χ1) is 15.5. The number of amides is 1. The van der Waals surface area contributed by atoms with E-state index in [1.54, 1.807) is 31.4 Å². The molecule has 1 N–H and O–H groups in total. The number of aromatic nitrogens is 3. The highest BCUT2D eigenvalue weighted by Gasteiger charge is 2.19. The molecule has 1 aromatic heterocycles. The standard InChI is InChI=1S/C25H37N5O2/c1-19(2)6-5-7-20(3)18-29-15-13-24-28-27-23(30(24)17-16-29)12-14-26-25(31)21-8-10-22(32-4)11-9-21/h6,8-11,20H,5,7,12-18H2,1-4H3,(H,26,31)/t20-/m1/s1. The molecular weight excluding hydrogens is 402 g/mol. The summed E-state index contributed by atoms with van der Waals surface area (Å²) in [5.74, 6) is 3.34. The third-order valence-electron chi connectivity index (χ3n) is 5.96. The number of hydrogen-bond donors (Lipinski definition) is 1. The van der Waals surface area contributed by atoms with Gasteiger partial charge in [0.15, 0.2) is 0 Å². The molecule has 2 heterocycles. The summed E-state index contributed by atoms with van der Waals surface area (Å²) in [4.78, 5) is 14.9. The van der Waals surface area contributed by atoms with Gasteiger partial charge in [0.2, 0.25) is 0 Å². The SMILES string of the molecule is COc1ccc(C(=O)NCCc2nnc3n2CCN(C[C@H](C)CCC=C(C)C)CC3)cc1. The van der Waals surface area contributed by atoms with E-state index in [1.807, 2.05) is 0 Å². The van der Waals surface area contributed by atoms with Crippen molar-refractivity contribution in [1.82, 2.24) is 25.0 Å². The minimum absolute atomic E-state index is 0.0865. The third kappa shape index (κ3) is 6.92. The van der Waals surface area contributed by atoms with Gasteiger partial charge in [0.05, 0.1) is 7.11 Å². The summed E-state index contributed by atoms with van der Waals surface area (Å²) < 4.78 is 7.38. The van der Waals surface area contributed by atoms with E-state index in [0.717, 1.165) is 56.4 Å². The molecule has 0 fully saturated rings. The van der Waals surface area contributed by atoms with Crippen molar-refractivity contribution >= 4 is 5.91 Å². The van der Waals surface area contributed by atoms with Crippen LogP contribution in [0.2, 0.25) is 0 Å². The predicted molar refractivity (Wildman–Crippen MR) is 127 cm³/mol. The van der Waals surface area contributed by atoms with Crippen molar-refractivity contribution in [3.8, 4) is 5.75 Å². The summed E-state index contributed by atoms with van der Waals surface area (Å²) in [6.45, 7) is 11.3. The second kappa shape index (κ2) is 11.8. The smallest absolute Gasteiger partial charge is 0.251 e. The van der Waals surface area contributed by atoms with Gasteiger partial charge in [-0.3, -0.25) is 4.79 Å². The summed E-state index contributed by atoms with van der Waals surface area (Å²) in [6, 6.07) is 7.13. The van der Waals surface area contributed by atoms with Gasteiger partial charge in [0.25, 0.3) is 5.91 Å². The molecule has 1 atom stereocenters. The molecule has 0 aliphatic carbocycles. The van der Waals surface area contributed by atoms with E-state index < -0.39 is 0 Å². The number of rotatable bonds is 10. The van der Waals surface area contributed by atoms with Crippen LogP contribution in [0, 0.1) is 5.92 Å². The predicted octanol–water partition coefficient (Wildman–Crippen LogP) is 3.50. The monoisotopic (exact) mass is 439 g/mol. The normalized spacial score (nSPS) is 14.9. The Morgan fingerprint density at radius 2 is 1.97 bits per heavy atom. The molecule has 0 spiro atoms. The van der Waals surface area contributed by atoms with Crippen molar-refractivity contribution in [3.63, 3.8) is 0 Å². The highest BCUT2D eigenvalue weighted by molar-refractivity contribution is 5.94. The van der Waals surface area contributed by atoms with E-state index in [1.165, 1.54) is 12.0 Å². The Hall–Kier alpha value is -2.67. The summed E-state index contributed by atoms with van der Waals surface area (Å²) in [7, 11) is 1.61. The molecule has 0 radical (unpaired) electrons. The van der Waals surface area contributed by atoms with Gasteiger partial charge < -0.3 is 19.5 Å². The number of ether oxygens (including phenoxy) is 1. The minimum atomic E-state index is -0.0865. The zero-order valence-electron chi connectivity index (χ0n) is 19.9. The quantitative estimate of drug-likeness (QED) is 0.574. The van der Waals surface area contributed by atoms with Gasteiger partial charge >= 0.3 is 0 Å². The Labute approximate surface area is 191 Å². The number of allylic oxidation sites excluding steroid dienone is 2. The summed E-state index contributed by atoms with van der Waals surface area (Å²) >= 11 is 0. The second-order valence-corrected chi connectivity index (χ2v) is 8.93. The number of nitrogens with zero attached hydrogens (tertiary/aromatic N) is 4. The lowest BCUT2D eigenvalue weighted by Gasteiger charge is -2.23. The van der Waals surface area contributed by atoms with Crippen molar-refractivity contribution in [2.75, 3.05) is 33.3 Å². The molecule has 1 aromatic carbocycles. The van der Waals surface area contributed by atoms with Crippen LogP contribution in [0.1, 0.15) is 55.6 Å². The van der Waals surface area contributed by atoms with Crippen LogP contribution in [-0.2, 0) is 19.4 Å². The number of nitrogens with one attached hydrogen (secondary N) is 1. The Morgan fingerprint density at radius 1 is 1.19 bits per heavy atom. The van der Waals surface area contributed by atoms with Crippen molar-refractivity contribution < 1.29 is 9.53 Å². The molecule has 1 aliphatic heterocycles. The van der Waals surface area contributed by atoms with Crippen LogP contribution in [-0.4, -0.2) is 58.9 Å². The maximum absolute atomic E-state index is 12.4. The average molecular weight is 440 g/mol. The minimum Gasteiger partial charge on any atom is -0.497 e. The Morgan fingerprint density at radius 3 is 2.69 bits per heavy atom. The molecule has 0 saturated carbocycles. The molecule has 0 bridgehead atoms. The number of methoxy groups -OCH3 is 1. The van der Waals surface area contributed by atoms with Crippen LogP contribution in [0.25, 0.3) is 0 Å². The molecule has 0 saturated heterocycles. The van der Waals surface area contributed by atoms with Crippen molar-refractivity contribution in [2.45, 2.75) is 53.0 Å². The Balaban J connectivity index is 1.46. The van der Waals surface area contributed by atoms with Crippen LogP contribution < -0.4 is 10.1 Å². The van der Waals surface area contributed by atoms with E-state index in [0.29, 0.717) is 24.4 Å². The largest absolute Gasteiger partial charge is 0.497 e. The summed E-state index contributed by atoms with van der Waals surface area (Å²) in [6.07, 6.45) is 6.32. The van der Waals surface area contributed by atoms with E-state index in [2.05, 4.69) is 51.8 Å². The first-order valence-electron chi connectivity index (χ1n) is 11.6. The maximum atomic E-state index is 12.4. The van der Waals surface area contributed by atoms with Gasteiger partial charge in [-0.1, -0.05) is 18.6 Å². The lowest BCUT2D eigenvalue weighted by atomic mass is 10.0. The molecule has 32 heavy (non-hydrogen) atoms. The zero-order chi connectivity index (χ0) is 22.9. The van der Waals surface area contributed by atoms with Crippen molar-refractivity contribution in [3.05, 3.63) is 53.1 Å². The molecule has 7 heteroatoms. The lowest BCUT2D eigenvalue weighted by Crippen LogP contribution is -2.31. The van der Waals surface area contributed by atoms with Gasteiger partial charge in [0.1, 0.15) is 17.4 Å².